The molecule has 0 aliphatic carbocycles. The van der Waals surface area contributed by atoms with Crippen molar-refractivity contribution in [3.63, 3.8) is 0 Å². The zero-order chi connectivity index (χ0) is 22.5. The molecule has 1 saturated heterocycles. The van der Waals surface area contributed by atoms with Crippen molar-refractivity contribution < 1.29 is 23.5 Å². The number of piperazine rings is 1. The normalized spacial score (nSPS) is 19.2. The van der Waals surface area contributed by atoms with Crippen LogP contribution in [0.4, 0.5) is 4.39 Å². The summed E-state index contributed by atoms with van der Waals surface area (Å²) in [5.41, 5.74) is 1.20. The summed E-state index contributed by atoms with van der Waals surface area (Å²) in [5, 5.41) is 0.374. The molecule has 0 bridgehead atoms. The van der Waals surface area contributed by atoms with Crippen LogP contribution < -0.4 is 4.74 Å². The average molecular weight is 449 g/mol. The highest BCUT2D eigenvalue weighted by Crippen LogP contribution is 2.24. The van der Waals surface area contributed by atoms with Crippen molar-refractivity contribution in [2.24, 2.45) is 0 Å². The molecule has 166 valence electrons. The third-order valence-electron chi connectivity index (χ3n) is 5.43. The molecule has 2 atom stereocenters. The lowest BCUT2D eigenvalue weighted by Gasteiger charge is -2.44. The second-order valence-electron chi connectivity index (χ2n) is 7.72. The Hall–Kier alpha value is -2.64. The zero-order valence-corrected chi connectivity index (χ0v) is 18.6. The highest BCUT2D eigenvalue weighted by Gasteiger charge is 2.32. The van der Waals surface area contributed by atoms with Gasteiger partial charge in [-0.2, -0.15) is 0 Å². The van der Waals surface area contributed by atoms with Gasteiger partial charge in [-0.15, -0.1) is 0 Å². The molecule has 1 aliphatic rings. The number of rotatable bonds is 6. The second kappa shape index (κ2) is 10.1. The van der Waals surface area contributed by atoms with Crippen LogP contribution in [0.2, 0.25) is 5.02 Å². The Morgan fingerprint density at radius 1 is 1.10 bits per heavy atom. The van der Waals surface area contributed by atoms with Gasteiger partial charge in [0, 0.05) is 36.7 Å². The molecular formula is C23H26ClFN2O4. The third-order valence-corrected chi connectivity index (χ3v) is 5.67. The van der Waals surface area contributed by atoms with Crippen LogP contribution in [0.25, 0.3) is 0 Å². The second-order valence-corrected chi connectivity index (χ2v) is 8.16. The van der Waals surface area contributed by atoms with Crippen molar-refractivity contribution in [3.05, 3.63) is 64.4 Å². The third kappa shape index (κ3) is 5.74. The first-order chi connectivity index (χ1) is 14.8. The molecule has 2 aromatic rings. The first kappa shape index (κ1) is 23.0. The minimum Gasteiger partial charge on any atom is -0.483 e. The van der Waals surface area contributed by atoms with E-state index in [9.17, 15) is 14.0 Å². The smallest absolute Gasteiger partial charge is 0.341 e. The summed E-state index contributed by atoms with van der Waals surface area (Å²) in [6.45, 7) is 5.79. The number of esters is 1. The lowest BCUT2D eigenvalue weighted by molar-refractivity contribution is -0.139. The number of amides is 1. The Morgan fingerprint density at radius 2 is 1.81 bits per heavy atom. The lowest BCUT2D eigenvalue weighted by Crippen LogP contribution is -2.58. The van der Waals surface area contributed by atoms with Gasteiger partial charge in [0.15, 0.2) is 6.61 Å². The molecule has 2 unspecified atom stereocenters. The highest BCUT2D eigenvalue weighted by atomic mass is 35.5. The molecular weight excluding hydrogens is 423 g/mol. The predicted octanol–water partition coefficient (Wildman–Crippen LogP) is 3.77. The number of carbonyl (C=O) groups excluding carboxylic acids is 2. The van der Waals surface area contributed by atoms with Crippen LogP contribution in [0.3, 0.4) is 0 Å². The maximum absolute atomic E-state index is 13.1. The average Bonchev–Trinajstić information content (AvgIpc) is 2.75. The molecule has 6 nitrogen and oxygen atoms in total. The number of nitrogens with zero attached hydrogens (tertiary/aromatic N) is 2. The molecule has 8 heteroatoms. The summed E-state index contributed by atoms with van der Waals surface area (Å²) in [6, 6.07) is 11.2. The molecule has 0 radical (unpaired) electrons. The Balaban J connectivity index is 1.61. The Kier molecular flexibility index (Phi) is 7.51. The van der Waals surface area contributed by atoms with Crippen LogP contribution in [0.15, 0.2) is 42.5 Å². The SMILES string of the molecule is COC(=O)c1cc(Cl)ccc1OCC(=O)N1CC(C)N(Cc2ccc(F)cc2)CC1C. The molecule has 0 saturated carbocycles. The molecule has 0 spiro atoms. The fraction of sp³-hybridized carbons (Fsp3) is 0.391. The van der Waals surface area contributed by atoms with Gasteiger partial charge in [-0.05, 0) is 49.7 Å². The summed E-state index contributed by atoms with van der Waals surface area (Å²) < 4.78 is 23.5. The van der Waals surface area contributed by atoms with E-state index >= 15 is 0 Å². The van der Waals surface area contributed by atoms with E-state index in [1.807, 2.05) is 6.92 Å². The molecule has 3 rings (SSSR count). The minimum absolute atomic E-state index is 0.0157. The van der Waals surface area contributed by atoms with E-state index < -0.39 is 5.97 Å². The predicted molar refractivity (Wildman–Crippen MR) is 116 cm³/mol. The van der Waals surface area contributed by atoms with Gasteiger partial charge in [0.05, 0.1) is 7.11 Å². The Morgan fingerprint density at radius 3 is 2.48 bits per heavy atom. The number of halogens is 2. The van der Waals surface area contributed by atoms with Gasteiger partial charge < -0.3 is 14.4 Å². The van der Waals surface area contributed by atoms with Crippen molar-refractivity contribution in [3.8, 4) is 5.75 Å². The van der Waals surface area contributed by atoms with Crippen LogP contribution in [-0.2, 0) is 16.1 Å². The summed E-state index contributed by atoms with van der Waals surface area (Å²) in [7, 11) is 1.27. The molecule has 1 heterocycles. The fourth-order valence-corrected chi connectivity index (χ4v) is 3.88. The van der Waals surface area contributed by atoms with Crippen molar-refractivity contribution >= 4 is 23.5 Å². The Bertz CT molecular complexity index is 938. The van der Waals surface area contributed by atoms with Gasteiger partial charge in [-0.3, -0.25) is 9.69 Å². The monoisotopic (exact) mass is 448 g/mol. The largest absolute Gasteiger partial charge is 0.483 e. The molecule has 0 N–H and O–H groups in total. The number of ether oxygens (including phenoxy) is 2. The first-order valence-electron chi connectivity index (χ1n) is 10.1. The van der Waals surface area contributed by atoms with E-state index in [-0.39, 0.29) is 41.7 Å². The van der Waals surface area contributed by atoms with Crippen molar-refractivity contribution in [2.45, 2.75) is 32.5 Å². The first-order valence-corrected chi connectivity index (χ1v) is 10.4. The fourth-order valence-electron chi connectivity index (χ4n) is 3.71. The number of benzene rings is 2. The summed E-state index contributed by atoms with van der Waals surface area (Å²) in [5.74, 6) is -0.746. The maximum atomic E-state index is 13.1. The standard InChI is InChI=1S/C23H26ClFN2O4/c1-15-12-27(16(2)11-26(15)13-17-4-7-19(25)8-5-17)22(28)14-31-21-9-6-18(24)10-20(21)23(29)30-3/h4-10,15-16H,11-14H2,1-3H3. The lowest BCUT2D eigenvalue weighted by atomic mass is 10.1. The number of carbonyl (C=O) groups is 2. The van der Waals surface area contributed by atoms with Gasteiger partial charge in [0.25, 0.3) is 5.91 Å². The Labute approximate surface area is 186 Å². The number of hydrogen-bond donors (Lipinski definition) is 0. The van der Waals surface area contributed by atoms with Crippen LogP contribution in [-0.4, -0.2) is 60.6 Å². The van der Waals surface area contributed by atoms with E-state index in [1.54, 1.807) is 29.2 Å². The van der Waals surface area contributed by atoms with Crippen molar-refractivity contribution in [1.82, 2.24) is 9.80 Å². The molecule has 1 amide bonds. The van der Waals surface area contributed by atoms with E-state index in [0.717, 1.165) is 5.56 Å². The van der Waals surface area contributed by atoms with Gasteiger partial charge in [-0.1, -0.05) is 23.7 Å². The topological polar surface area (TPSA) is 59.1 Å². The summed E-state index contributed by atoms with van der Waals surface area (Å²) >= 11 is 5.96. The molecule has 31 heavy (non-hydrogen) atoms. The molecule has 1 aliphatic heterocycles. The van der Waals surface area contributed by atoms with Crippen LogP contribution in [0, 0.1) is 5.82 Å². The summed E-state index contributed by atoms with van der Waals surface area (Å²) in [4.78, 5) is 28.9. The zero-order valence-electron chi connectivity index (χ0n) is 17.8. The maximum Gasteiger partial charge on any atom is 0.341 e. The van der Waals surface area contributed by atoms with Gasteiger partial charge >= 0.3 is 5.97 Å². The van der Waals surface area contributed by atoms with E-state index in [0.29, 0.717) is 24.7 Å². The quantitative estimate of drug-likeness (QED) is 0.630. The van der Waals surface area contributed by atoms with Crippen molar-refractivity contribution in [2.75, 3.05) is 26.8 Å². The molecule has 2 aromatic carbocycles. The van der Waals surface area contributed by atoms with Gasteiger partial charge in [-0.25, -0.2) is 9.18 Å². The minimum atomic E-state index is -0.582. The van der Waals surface area contributed by atoms with Crippen molar-refractivity contribution in [1.29, 1.82) is 0 Å². The molecule has 1 fully saturated rings. The summed E-state index contributed by atoms with van der Waals surface area (Å²) in [6.07, 6.45) is 0. The van der Waals surface area contributed by atoms with Gasteiger partial charge in [0.1, 0.15) is 17.1 Å². The van der Waals surface area contributed by atoms with E-state index in [1.165, 1.54) is 25.3 Å². The van der Waals surface area contributed by atoms with E-state index in [2.05, 4.69) is 11.8 Å². The van der Waals surface area contributed by atoms with Crippen LogP contribution in [0.1, 0.15) is 29.8 Å². The van der Waals surface area contributed by atoms with Gasteiger partial charge in [0.2, 0.25) is 0 Å². The van der Waals surface area contributed by atoms with Crippen LogP contribution >= 0.6 is 11.6 Å². The van der Waals surface area contributed by atoms with Crippen LogP contribution in [0.5, 0.6) is 5.75 Å². The highest BCUT2D eigenvalue weighted by molar-refractivity contribution is 6.31. The number of methoxy groups -OCH3 is 1. The van der Waals surface area contributed by atoms with E-state index in [4.69, 9.17) is 21.1 Å². The number of hydrogen-bond acceptors (Lipinski definition) is 5. The molecule has 0 aromatic heterocycles.